The molecule has 2 aliphatic rings. The smallest absolute Gasteiger partial charge is 0.261 e. The van der Waals surface area contributed by atoms with Gasteiger partial charge in [-0.1, -0.05) is 43.3 Å². The number of halogens is 2. The van der Waals surface area contributed by atoms with Gasteiger partial charge in [-0.3, -0.25) is 14.5 Å². The second kappa shape index (κ2) is 8.88. The molecule has 0 spiro atoms. The number of fused-ring (bicyclic) bond motifs is 1. The van der Waals surface area contributed by atoms with Crippen LogP contribution in [0.4, 0.5) is 8.78 Å². The highest BCUT2D eigenvalue weighted by atomic mass is 19.1. The van der Waals surface area contributed by atoms with Crippen molar-refractivity contribution >= 4 is 11.8 Å². The van der Waals surface area contributed by atoms with Gasteiger partial charge in [0.05, 0.1) is 17.7 Å². The molecule has 178 valence electrons. The van der Waals surface area contributed by atoms with Crippen molar-refractivity contribution in [2.24, 2.45) is 0 Å². The van der Waals surface area contributed by atoms with Crippen LogP contribution in [0.3, 0.4) is 0 Å². The first-order valence-corrected chi connectivity index (χ1v) is 12.0. The summed E-state index contributed by atoms with van der Waals surface area (Å²) in [4.78, 5) is 27.4. The lowest BCUT2D eigenvalue weighted by Gasteiger charge is -2.23. The number of amides is 2. The van der Waals surface area contributed by atoms with E-state index in [1.807, 2.05) is 19.1 Å². The van der Waals surface area contributed by atoms with Gasteiger partial charge in [0, 0.05) is 11.5 Å². The molecule has 3 aromatic rings. The number of carbonyl (C=O) groups excluding carboxylic acids is 2. The Labute approximate surface area is 204 Å². The van der Waals surface area contributed by atoms with Crippen molar-refractivity contribution in [2.75, 3.05) is 0 Å². The predicted octanol–water partition coefficient (Wildman–Crippen LogP) is 6.83. The molecule has 1 aliphatic heterocycles. The van der Waals surface area contributed by atoms with E-state index >= 15 is 4.39 Å². The summed E-state index contributed by atoms with van der Waals surface area (Å²) in [7, 11) is 0. The molecule has 0 N–H and O–H groups in total. The number of benzene rings is 3. The Morgan fingerprint density at radius 1 is 1.06 bits per heavy atom. The SMILES string of the molecule is C=CCc1c(CN2C(=O)c3ccccc3C2=O)cc(C(C)c2ccc(F)c(C)c2F)cc1C1CC1. The number of allylic oxidation sites excluding steroid dienone is 1. The third-order valence-corrected chi connectivity index (χ3v) is 7.29. The Kier molecular flexibility index (Phi) is 5.87. The van der Waals surface area contributed by atoms with Gasteiger partial charge in [0.25, 0.3) is 11.8 Å². The number of nitrogens with zero attached hydrogens (tertiary/aromatic N) is 1. The fourth-order valence-electron chi connectivity index (χ4n) is 5.07. The van der Waals surface area contributed by atoms with Crippen LogP contribution >= 0.6 is 0 Å². The van der Waals surface area contributed by atoms with Gasteiger partial charge in [-0.2, -0.15) is 0 Å². The minimum atomic E-state index is -0.565. The van der Waals surface area contributed by atoms with Crippen molar-refractivity contribution in [3.63, 3.8) is 0 Å². The molecule has 1 heterocycles. The Morgan fingerprint density at radius 2 is 1.71 bits per heavy atom. The van der Waals surface area contributed by atoms with Crippen LogP contribution < -0.4 is 0 Å². The molecule has 0 radical (unpaired) electrons. The number of carbonyl (C=O) groups is 2. The first-order chi connectivity index (χ1) is 16.8. The van der Waals surface area contributed by atoms with Crippen molar-refractivity contribution in [3.8, 4) is 0 Å². The lowest BCUT2D eigenvalue weighted by Crippen LogP contribution is -2.29. The van der Waals surface area contributed by atoms with Gasteiger partial charge in [-0.25, -0.2) is 8.78 Å². The summed E-state index contributed by atoms with van der Waals surface area (Å²) in [6.07, 6.45) is 4.58. The Bertz CT molecular complexity index is 1340. The highest BCUT2D eigenvalue weighted by molar-refractivity contribution is 6.21. The van der Waals surface area contributed by atoms with E-state index in [2.05, 4.69) is 12.6 Å². The lowest BCUT2D eigenvalue weighted by molar-refractivity contribution is 0.0642. The molecule has 3 nitrogen and oxygen atoms in total. The highest BCUT2D eigenvalue weighted by Crippen LogP contribution is 2.45. The average Bonchev–Trinajstić information content (AvgIpc) is 3.68. The van der Waals surface area contributed by atoms with Gasteiger partial charge in [0.15, 0.2) is 0 Å². The van der Waals surface area contributed by atoms with Crippen molar-refractivity contribution in [2.45, 2.75) is 51.5 Å². The summed E-state index contributed by atoms with van der Waals surface area (Å²) in [6, 6.07) is 13.7. The normalized spacial score (nSPS) is 15.9. The average molecular weight is 472 g/mol. The van der Waals surface area contributed by atoms with Gasteiger partial charge >= 0.3 is 0 Å². The highest BCUT2D eigenvalue weighted by Gasteiger charge is 2.36. The van der Waals surface area contributed by atoms with Crippen LogP contribution in [0.25, 0.3) is 0 Å². The predicted molar refractivity (Wildman–Crippen MR) is 132 cm³/mol. The van der Waals surface area contributed by atoms with E-state index in [0.717, 1.165) is 29.5 Å². The Hall–Kier alpha value is -3.60. The second-order valence-electron chi connectivity index (χ2n) is 9.55. The van der Waals surface area contributed by atoms with E-state index in [9.17, 15) is 14.0 Å². The van der Waals surface area contributed by atoms with Crippen molar-refractivity contribution in [1.29, 1.82) is 0 Å². The zero-order chi connectivity index (χ0) is 24.9. The summed E-state index contributed by atoms with van der Waals surface area (Å²) < 4.78 is 28.9. The van der Waals surface area contributed by atoms with Gasteiger partial charge in [0.2, 0.25) is 0 Å². The molecule has 1 aliphatic carbocycles. The molecule has 3 aromatic carbocycles. The fraction of sp³-hybridized carbons (Fsp3) is 0.267. The van der Waals surface area contributed by atoms with E-state index in [1.54, 1.807) is 24.3 Å². The van der Waals surface area contributed by atoms with Gasteiger partial charge in [0.1, 0.15) is 11.6 Å². The van der Waals surface area contributed by atoms with Gasteiger partial charge < -0.3 is 0 Å². The van der Waals surface area contributed by atoms with Crippen molar-refractivity contribution in [1.82, 2.24) is 4.90 Å². The molecule has 2 amide bonds. The molecular weight excluding hydrogens is 444 g/mol. The molecule has 5 heteroatoms. The maximum atomic E-state index is 15.0. The topological polar surface area (TPSA) is 37.4 Å². The van der Waals surface area contributed by atoms with Crippen LogP contribution in [-0.2, 0) is 13.0 Å². The first kappa shape index (κ1) is 23.2. The number of rotatable bonds is 7. The van der Waals surface area contributed by atoms with Crippen LogP contribution in [0.5, 0.6) is 0 Å². The molecule has 1 saturated carbocycles. The number of hydrogen-bond donors (Lipinski definition) is 0. The van der Waals surface area contributed by atoms with Crippen LogP contribution in [0.15, 0.2) is 61.2 Å². The van der Waals surface area contributed by atoms with Crippen LogP contribution in [-0.4, -0.2) is 16.7 Å². The first-order valence-electron chi connectivity index (χ1n) is 12.0. The number of hydrogen-bond acceptors (Lipinski definition) is 2. The third kappa shape index (κ3) is 3.99. The second-order valence-corrected chi connectivity index (χ2v) is 9.55. The van der Waals surface area contributed by atoms with E-state index in [0.29, 0.717) is 29.0 Å². The van der Waals surface area contributed by atoms with Crippen LogP contribution in [0.1, 0.15) is 85.7 Å². The maximum Gasteiger partial charge on any atom is 0.261 e. The summed E-state index contributed by atoms with van der Waals surface area (Å²) >= 11 is 0. The largest absolute Gasteiger partial charge is 0.270 e. The van der Waals surface area contributed by atoms with E-state index in [1.165, 1.54) is 29.5 Å². The molecule has 1 fully saturated rings. The third-order valence-electron chi connectivity index (χ3n) is 7.29. The molecule has 35 heavy (non-hydrogen) atoms. The molecular formula is C30H27F2NO2. The van der Waals surface area contributed by atoms with Gasteiger partial charge in [-0.15, -0.1) is 6.58 Å². The quantitative estimate of drug-likeness (QED) is 0.280. The summed E-state index contributed by atoms with van der Waals surface area (Å²) in [6.45, 7) is 7.40. The zero-order valence-corrected chi connectivity index (χ0v) is 19.9. The minimum absolute atomic E-state index is 0.00583. The minimum Gasteiger partial charge on any atom is -0.270 e. The number of imide groups is 1. The van der Waals surface area contributed by atoms with Crippen molar-refractivity contribution in [3.05, 3.63) is 117 Å². The molecule has 1 atom stereocenters. The summed E-state index contributed by atoms with van der Waals surface area (Å²) in [5.74, 6) is -1.64. The Morgan fingerprint density at radius 3 is 2.31 bits per heavy atom. The molecule has 0 bridgehead atoms. The standard InChI is InChI=1S/C30H27F2NO2/c1-4-7-23-21(16-33-29(34)24-8-5-6-9-25(24)30(33)35)14-20(15-26(23)19-10-11-19)17(2)22-12-13-27(31)18(3)28(22)32/h4-6,8-9,12-15,17,19H,1,7,10-11,16H2,2-3H3. The maximum absolute atomic E-state index is 15.0. The van der Waals surface area contributed by atoms with Gasteiger partial charge in [-0.05, 0) is 78.1 Å². The van der Waals surface area contributed by atoms with Crippen LogP contribution in [0.2, 0.25) is 0 Å². The summed E-state index contributed by atoms with van der Waals surface area (Å²) in [5.41, 5.74) is 5.25. The monoisotopic (exact) mass is 471 g/mol. The molecule has 0 saturated heterocycles. The summed E-state index contributed by atoms with van der Waals surface area (Å²) in [5, 5.41) is 0. The van der Waals surface area contributed by atoms with Crippen molar-refractivity contribution < 1.29 is 18.4 Å². The van der Waals surface area contributed by atoms with E-state index in [-0.39, 0.29) is 29.8 Å². The fourth-order valence-corrected chi connectivity index (χ4v) is 5.07. The molecule has 1 unspecified atom stereocenters. The van der Waals surface area contributed by atoms with Crippen LogP contribution in [0, 0.1) is 18.6 Å². The van der Waals surface area contributed by atoms with E-state index < -0.39 is 11.6 Å². The molecule has 0 aromatic heterocycles. The lowest BCUT2D eigenvalue weighted by atomic mass is 9.85. The zero-order valence-electron chi connectivity index (χ0n) is 19.9. The van der Waals surface area contributed by atoms with E-state index in [4.69, 9.17) is 0 Å². The molecule has 5 rings (SSSR count). The Balaban J connectivity index is 1.59.